The van der Waals surface area contributed by atoms with Gasteiger partial charge in [0.25, 0.3) is 5.78 Å². The van der Waals surface area contributed by atoms with Crippen LogP contribution in [0.4, 0.5) is 8.78 Å². The Balaban J connectivity index is 2.06. The Morgan fingerprint density at radius 3 is 2.54 bits per heavy atom. The van der Waals surface area contributed by atoms with Gasteiger partial charge in [0.15, 0.2) is 11.6 Å². The molecule has 5 nitrogen and oxygen atoms in total. The summed E-state index contributed by atoms with van der Waals surface area (Å²) in [5, 5.41) is 0.699. The number of fused-ring (bicyclic) bond motifs is 1. The molecular weight excluding hydrogens is 342 g/mol. The molecule has 2 aromatic heterocycles. The van der Waals surface area contributed by atoms with Crippen LogP contribution < -0.4 is 0 Å². The Morgan fingerprint density at radius 2 is 1.88 bits per heavy atom. The maximum Gasteiger partial charge on any atom is 0.379 e. The molecular formula is C19H16F2N2O3. The molecule has 0 aliphatic rings. The molecule has 0 radical (unpaired) electrons. The Morgan fingerprint density at radius 1 is 1.15 bits per heavy atom. The molecule has 0 aliphatic carbocycles. The molecule has 0 fully saturated rings. The van der Waals surface area contributed by atoms with Gasteiger partial charge in [-0.25, -0.2) is 18.6 Å². The van der Waals surface area contributed by atoms with Crippen molar-refractivity contribution >= 4 is 22.8 Å². The normalized spacial score (nSPS) is 11.0. The van der Waals surface area contributed by atoms with Crippen LogP contribution in [0.3, 0.4) is 0 Å². The number of ketones is 1. The molecule has 0 atom stereocenters. The maximum atomic E-state index is 13.4. The number of pyridine rings is 1. The van der Waals surface area contributed by atoms with E-state index >= 15 is 0 Å². The second kappa shape index (κ2) is 6.67. The van der Waals surface area contributed by atoms with E-state index in [-0.39, 0.29) is 12.1 Å². The molecule has 0 saturated heterocycles. The second-order valence-corrected chi connectivity index (χ2v) is 5.95. The molecule has 7 heteroatoms. The van der Waals surface area contributed by atoms with Crippen molar-refractivity contribution in [1.29, 1.82) is 0 Å². The molecule has 1 aromatic carbocycles. The number of esters is 1. The number of carbonyl (C=O) groups is 2. The molecule has 134 valence electrons. The van der Waals surface area contributed by atoms with E-state index in [1.807, 2.05) is 0 Å². The molecule has 3 rings (SSSR count). The van der Waals surface area contributed by atoms with E-state index in [4.69, 9.17) is 0 Å². The van der Waals surface area contributed by atoms with E-state index in [9.17, 15) is 18.4 Å². The number of methoxy groups -OCH3 is 1. The molecule has 0 amide bonds. The van der Waals surface area contributed by atoms with Crippen LogP contribution in [0.2, 0.25) is 0 Å². The summed E-state index contributed by atoms with van der Waals surface area (Å²) in [6, 6.07) is 5.48. The Bertz CT molecular complexity index is 1040. The number of hydrogen-bond donors (Lipinski definition) is 0. The van der Waals surface area contributed by atoms with Crippen molar-refractivity contribution in [2.45, 2.75) is 20.4 Å². The van der Waals surface area contributed by atoms with Gasteiger partial charge < -0.3 is 9.30 Å². The fourth-order valence-corrected chi connectivity index (χ4v) is 2.99. The van der Waals surface area contributed by atoms with E-state index in [0.717, 1.165) is 19.2 Å². The molecule has 0 N–H and O–H groups in total. The summed E-state index contributed by atoms with van der Waals surface area (Å²) in [7, 11) is 1.15. The number of ether oxygens (including phenoxy) is 1. The summed E-state index contributed by atoms with van der Waals surface area (Å²) in [5.74, 6) is -3.50. The SMILES string of the molecule is COC(=O)C(=O)c1c(C)nc2c(ccn2Cc2ccc(F)c(F)c2)c1C. The topological polar surface area (TPSA) is 61.2 Å². The third-order valence-electron chi connectivity index (χ3n) is 4.28. The highest BCUT2D eigenvalue weighted by Gasteiger charge is 2.24. The van der Waals surface area contributed by atoms with Crippen molar-refractivity contribution in [2.24, 2.45) is 0 Å². The van der Waals surface area contributed by atoms with Crippen LogP contribution in [-0.2, 0) is 16.1 Å². The van der Waals surface area contributed by atoms with E-state index in [1.165, 1.54) is 6.07 Å². The Kier molecular flexibility index (Phi) is 4.54. The van der Waals surface area contributed by atoms with Crippen molar-refractivity contribution in [3.63, 3.8) is 0 Å². The van der Waals surface area contributed by atoms with Gasteiger partial charge in [0, 0.05) is 18.1 Å². The molecule has 0 saturated carbocycles. The fourth-order valence-electron chi connectivity index (χ4n) is 2.99. The van der Waals surface area contributed by atoms with Crippen molar-refractivity contribution in [2.75, 3.05) is 7.11 Å². The minimum atomic E-state index is -0.946. The van der Waals surface area contributed by atoms with Gasteiger partial charge in [-0.3, -0.25) is 4.79 Å². The number of aryl methyl sites for hydroxylation is 2. The zero-order chi connectivity index (χ0) is 19.0. The lowest BCUT2D eigenvalue weighted by Crippen LogP contribution is -2.19. The number of carbonyl (C=O) groups excluding carboxylic acids is 2. The summed E-state index contributed by atoms with van der Waals surface area (Å²) in [4.78, 5) is 28.3. The van der Waals surface area contributed by atoms with Crippen LogP contribution in [0.25, 0.3) is 11.0 Å². The first kappa shape index (κ1) is 17.7. The number of benzene rings is 1. The van der Waals surface area contributed by atoms with Crippen molar-refractivity contribution in [1.82, 2.24) is 9.55 Å². The smallest absolute Gasteiger partial charge is 0.379 e. The first-order chi connectivity index (χ1) is 12.3. The van der Waals surface area contributed by atoms with E-state index in [0.29, 0.717) is 27.9 Å². The van der Waals surface area contributed by atoms with Crippen LogP contribution in [0, 0.1) is 25.5 Å². The third kappa shape index (κ3) is 2.96. The average molecular weight is 358 g/mol. The number of halogens is 2. The molecule has 3 aromatic rings. The number of hydrogen-bond acceptors (Lipinski definition) is 4. The van der Waals surface area contributed by atoms with E-state index in [1.54, 1.807) is 30.7 Å². The van der Waals surface area contributed by atoms with Crippen molar-refractivity contribution < 1.29 is 23.1 Å². The standard InChI is InChI=1S/C19H16F2N2O3/c1-10-13-6-7-23(9-12-4-5-14(20)15(21)8-12)18(13)22-11(2)16(10)17(24)19(25)26-3/h4-8H,9H2,1-3H3. The summed E-state index contributed by atoms with van der Waals surface area (Å²) in [5.41, 5.74) is 2.40. The van der Waals surface area contributed by atoms with Gasteiger partial charge in [0.1, 0.15) is 5.65 Å². The van der Waals surface area contributed by atoms with Gasteiger partial charge in [-0.15, -0.1) is 0 Å². The molecule has 2 heterocycles. The Hall–Kier alpha value is -3.09. The van der Waals surface area contributed by atoms with Gasteiger partial charge in [0.05, 0.1) is 18.4 Å². The summed E-state index contributed by atoms with van der Waals surface area (Å²) >= 11 is 0. The van der Waals surface area contributed by atoms with Crippen LogP contribution in [-0.4, -0.2) is 28.4 Å². The predicted octanol–water partition coefficient (Wildman–Crippen LogP) is 3.34. The molecule has 0 bridgehead atoms. The highest BCUT2D eigenvalue weighted by Crippen LogP contribution is 2.25. The van der Waals surface area contributed by atoms with Gasteiger partial charge in [-0.2, -0.15) is 0 Å². The highest BCUT2D eigenvalue weighted by atomic mass is 19.2. The van der Waals surface area contributed by atoms with Gasteiger partial charge in [-0.05, 0) is 43.2 Å². The van der Waals surface area contributed by atoms with Gasteiger partial charge in [-0.1, -0.05) is 6.07 Å². The minimum Gasteiger partial charge on any atom is -0.463 e. The van der Waals surface area contributed by atoms with E-state index < -0.39 is 23.4 Å². The lowest BCUT2D eigenvalue weighted by molar-refractivity contribution is -0.135. The first-order valence-corrected chi connectivity index (χ1v) is 7.86. The summed E-state index contributed by atoms with van der Waals surface area (Å²) in [6.45, 7) is 3.66. The lowest BCUT2D eigenvalue weighted by Gasteiger charge is -2.11. The molecule has 0 spiro atoms. The van der Waals surface area contributed by atoms with E-state index in [2.05, 4.69) is 9.72 Å². The lowest BCUT2D eigenvalue weighted by atomic mass is 10.0. The van der Waals surface area contributed by atoms with Crippen LogP contribution in [0.1, 0.15) is 27.2 Å². The maximum absolute atomic E-state index is 13.4. The average Bonchev–Trinajstić information content (AvgIpc) is 3.00. The first-order valence-electron chi connectivity index (χ1n) is 7.86. The number of aromatic nitrogens is 2. The van der Waals surface area contributed by atoms with Gasteiger partial charge in [0.2, 0.25) is 0 Å². The molecule has 0 aliphatic heterocycles. The number of Topliss-reactive ketones (excluding diaryl/α,β-unsaturated/α-hetero) is 1. The quantitative estimate of drug-likeness (QED) is 0.408. The van der Waals surface area contributed by atoms with Gasteiger partial charge >= 0.3 is 5.97 Å². The van der Waals surface area contributed by atoms with Crippen molar-refractivity contribution in [3.8, 4) is 0 Å². The van der Waals surface area contributed by atoms with Crippen molar-refractivity contribution in [3.05, 3.63) is 64.5 Å². The van der Waals surface area contributed by atoms with Crippen LogP contribution in [0.15, 0.2) is 30.5 Å². The van der Waals surface area contributed by atoms with Crippen LogP contribution >= 0.6 is 0 Å². The minimum absolute atomic E-state index is 0.218. The highest BCUT2D eigenvalue weighted by molar-refractivity contribution is 6.41. The zero-order valence-electron chi connectivity index (χ0n) is 14.5. The predicted molar refractivity (Wildman–Crippen MR) is 91.0 cm³/mol. The third-order valence-corrected chi connectivity index (χ3v) is 4.28. The Labute approximate surface area is 148 Å². The van der Waals surface area contributed by atoms with Crippen LogP contribution in [0.5, 0.6) is 0 Å². The number of rotatable bonds is 4. The second-order valence-electron chi connectivity index (χ2n) is 5.95. The summed E-state index contributed by atoms with van der Waals surface area (Å²) < 4.78 is 32.8. The summed E-state index contributed by atoms with van der Waals surface area (Å²) in [6.07, 6.45) is 1.75. The molecule has 0 unspecified atom stereocenters. The number of nitrogens with zero attached hydrogens (tertiary/aromatic N) is 2. The zero-order valence-corrected chi connectivity index (χ0v) is 14.5. The largest absolute Gasteiger partial charge is 0.463 e. The molecule has 26 heavy (non-hydrogen) atoms. The fraction of sp³-hybridized carbons (Fsp3) is 0.211. The monoisotopic (exact) mass is 358 g/mol.